The highest BCUT2D eigenvalue weighted by atomic mass is 79.9. The van der Waals surface area contributed by atoms with Crippen LogP contribution in [-0.2, 0) is 11.3 Å². The molecule has 0 fully saturated rings. The van der Waals surface area contributed by atoms with Crippen LogP contribution < -0.4 is 10.6 Å². The summed E-state index contributed by atoms with van der Waals surface area (Å²) in [4.78, 5) is 13.6. The van der Waals surface area contributed by atoms with Gasteiger partial charge in [-0.25, -0.2) is 4.79 Å². The lowest BCUT2D eigenvalue weighted by molar-refractivity contribution is 0.0601. The second-order valence-corrected chi connectivity index (χ2v) is 5.67. The first kappa shape index (κ1) is 15.4. The largest absolute Gasteiger partial charge is 0.465 e. The molecule has 2 aromatic carbocycles. The third kappa shape index (κ3) is 3.76. The highest BCUT2D eigenvalue weighted by molar-refractivity contribution is 9.10. The van der Waals surface area contributed by atoms with Gasteiger partial charge >= 0.3 is 5.97 Å². The third-order valence-electron chi connectivity index (χ3n) is 3.17. The number of benzene rings is 2. The topological polar surface area (TPSA) is 55.6 Å². The molecule has 0 saturated carbocycles. The molecule has 0 aliphatic heterocycles. The van der Waals surface area contributed by atoms with E-state index < -0.39 is 0 Å². The lowest BCUT2D eigenvalue weighted by atomic mass is 10.1. The summed E-state index contributed by atoms with van der Waals surface area (Å²) in [5, 5.41) is 0. The van der Waals surface area contributed by atoms with Crippen molar-refractivity contribution >= 4 is 33.3 Å². The first-order valence-electron chi connectivity index (χ1n) is 6.44. The molecule has 0 aromatic heterocycles. The van der Waals surface area contributed by atoms with E-state index in [1.54, 1.807) is 18.2 Å². The summed E-state index contributed by atoms with van der Waals surface area (Å²) >= 11 is 3.46. The minimum atomic E-state index is -0.368. The fourth-order valence-corrected chi connectivity index (χ4v) is 2.56. The number of nitrogens with zero attached hydrogens (tertiary/aromatic N) is 1. The number of anilines is 2. The number of carbonyl (C=O) groups excluding carboxylic acids is 1. The normalized spacial score (nSPS) is 10.2. The van der Waals surface area contributed by atoms with Gasteiger partial charge in [0.2, 0.25) is 0 Å². The molecule has 2 rings (SSSR count). The number of halogens is 1. The second-order valence-electron chi connectivity index (χ2n) is 4.75. The van der Waals surface area contributed by atoms with Crippen molar-refractivity contribution in [2.24, 2.45) is 0 Å². The summed E-state index contributed by atoms with van der Waals surface area (Å²) in [6.45, 7) is 0.689. The van der Waals surface area contributed by atoms with Crippen molar-refractivity contribution < 1.29 is 9.53 Å². The van der Waals surface area contributed by atoms with Crippen LogP contribution in [0.2, 0.25) is 0 Å². The standard InChI is InChI=1S/C16H17BrN2O2/c1-19(10-11-4-3-5-13(17)8-11)15-9-12(16(20)21-2)6-7-14(15)18/h3-9H,10,18H2,1-2H3. The van der Waals surface area contributed by atoms with E-state index in [2.05, 4.69) is 22.0 Å². The van der Waals surface area contributed by atoms with Gasteiger partial charge in [0.25, 0.3) is 0 Å². The van der Waals surface area contributed by atoms with Gasteiger partial charge in [-0.05, 0) is 35.9 Å². The van der Waals surface area contributed by atoms with Crippen LogP contribution in [0.4, 0.5) is 11.4 Å². The van der Waals surface area contributed by atoms with E-state index in [1.807, 2.05) is 30.1 Å². The number of nitrogens with two attached hydrogens (primary N) is 1. The van der Waals surface area contributed by atoms with E-state index >= 15 is 0 Å². The van der Waals surface area contributed by atoms with Crippen LogP contribution in [0.25, 0.3) is 0 Å². The molecular formula is C16H17BrN2O2. The van der Waals surface area contributed by atoms with Crippen LogP contribution in [-0.4, -0.2) is 20.1 Å². The Morgan fingerprint density at radius 2 is 2.05 bits per heavy atom. The van der Waals surface area contributed by atoms with Crippen molar-refractivity contribution in [3.63, 3.8) is 0 Å². The number of carbonyl (C=O) groups is 1. The Labute approximate surface area is 132 Å². The molecular weight excluding hydrogens is 332 g/mol. The summed E-state index contributed by atoms with van der Waals surface area (Å²) < 4.78 is 5.77. The molecule has 0 spiro atoms. The number of hydrogen-bond donors (Lipinski definition) is 1. The zero-order chi connectivity index (χ0) is 15.4. The fraction of sp³-hybridized carbons (Fsp3) is 0.188. The van der Waals surface area contributed by atoms with E-state index in [9.17, 15) is 4.79 Å². The molecule has 0 aliphatic rings. The van der Waals surface area contributed by atoms with Crippen molar-refractivity contribution in [1.82, 2.24) is 0 Å². The molecule has 0 aliphatic carbocycles. The maximum absolute atomic E-state index is 11.6. The van der Waals surface area contributed by atoms with Crippen LogP contribution in [0.5, 0.6) is 0 Å². The number of rotatable bonds is 4. The summed E-state index contributed by atoms with van der Waals surface area (Å²) in [7, 11) is 3.30. The Morgan fingerprint density at radius 3 is 2.71 bits per heavy atom. The number of nitrogen functional groups attached to an aromatic ring is 1. The molecule has 21 heavy (non-hydrogen) atoms. The molecule has 110 valence electrons. The Hall–Kier alpha value is -2.01. The maximum atomic E-state index is 11.6. The zero-order valence-electron chi connectivity index (χ0n) is 12.0. The van der Waals surface area contributed by atoms with Gasteiger partial charge in [0.1, 0.15) is 0 Å². The molecule has 2 N–H and O–H groups in total. The SMILES string of the molecule is COC(=O)c1ccc(N)c(N(C)Cc2cccc(Br)c2)c1. The van der Waals surface area contributed by atoms with E-state index in [0.29, 0.717) is 17.8 Å². The molecule has 0 unspecified atom stereocenters. The third-order valence-corrected chi connectivity index (χ3v) is 3.66. The lowest BCUT2D eigenvalue weighted by Crippen LogP contribution is -2.18. The van der Waals surface area contributed by atoms with Crippen molar-refractivity contribution in [1.29, 1.82) is 0 Å². The summed E-state index contributed by atoms with van der Waals surface area (Å²) in [5.74, 6) is -0.368. The highest BCUT2D eigenvalue weighted by Crippen LogP contribution is 2.26. The van der Waals surface area contributed by atoms with Gasteiger partial charge in [0.05, 0.1) is 24.0 Å². The van der Waals surface area contributed by atoms with Gasteiger partial charge in [-0.1, -0.05) is 28.1 Å². The van der Waals surface area contributed by atoms with E-state index in [1.165, 1.54) is 7.11 Å². The Balaban J connectivity index is 2.26. The second kappa shape index (κ2) is 6.63. The van der Waals surface area contributed by atoms with Crippen LogP contribution in [0.1, 0.15) is 15.9 Å². The molecule has 0 bridgehead atoms. The lowest BCUT2D eigenvalue weighted by Gasteiger charge is -2.22. The molecule has 2 aromatic rings. The van der Waals surface area contributed by atoms with Gasteiger partial charge in [0, 0.05) is 18.1 Å². The smallest absolute Gasteiger partial charge is 0.337 e. The number of esters is 1. The highest BCUT2D eigenvalue weighted by Gasteiger charge is 2.12. The van der Waals surface area contributed by atoms with E-state index in [0.717, 1.165) is 15.7 Å². The van der Waals surface area contributed by atoms with Gasteiger partial charge in [-0.15, -0.1) is 0 Å². The van der Waals surface area contributed by atoms with Crippen molar-refractivity contribution in [2.45, 2.75) is 6.54 Å². The first-order chi connectivity index (χ1) is 10.0. The van der Waals surface area contributed by atoms with Gasteiger partial charge in [-0.3, -0.25) is 0 Å². The van der Waals surface area contributed by atoms with Crippen molar-refractivity contribution in [2.75, 3.05) is 24.8 Å². The number of ether oxygens (including phenoxy) is 1. The van der Waals surface area contributed by atoms with E-state index in [-0.39, 0.29) is 5.97 Å². The zero-order valence-corrected chi connectivity index (χ0v) is 13.6. The predicted molar refractivity (Wildman–Crippen MR) is 88.4 cm³/mol. The molecule has 0 saturated heterocycles. The minimum Gasteiger partial charge on any atom is -0.465 e. The number of methoxy groups -OCH3 is 1. The monoisotopic (exact) mass is 348 g/mol. The summed E-state index contributed by atoms with van der Waals surface area (Å²) in [6.07, 6.45) is 0. The van der Waals surface area contributed by atoms with Crippen molar-refractivity contribution in [3.05, 3.63) is 58.1 Å². The summed E-state index contributed by atoms with van der Waals surface area (Å²) in [6, 6.07) is 13.2. The van der Waals surface area contributed by atoms with Gasteiger partial charge in [-0.2, -0.15) is 0 Å². The van der Waals surface area contributed by atoms with Crippen LogP contribution in [0, 0.1) is 0 Å². The average molecular weight is 349 g/mol. The van der Waals surface area contributed by atoms with Crippen LogP contribution in [0.3, 0.4) is 0 Å². The minimum absolute atomic E-state index is 0.368. The molecule has 4 nitrogen and oxygen atoms in total. The van der Waals surface area contributed by atoms with Gasteiger partial charge in [0.15, 0.2) is 0 Å². The average Bonchev–Trinajstić information content (AvgIpc) is 2.46. The van der Waals surface area contributed by atoms with Crippen molar-refractivity contribution in [3.8, 4) is 0 Å². The maximum Gasteiger partial charge on any atom is 0.337 e. The predicted octanol–water partition coefficient (Wildman–Crippen LogP) is 3.45. The van der Waals surface area contributed by atoms with Gasteiger partial charge < -0.3 is 15.4 Å². The molecule has 0 atom stereocenters. The van der Waals surface area contributed by atoms with E-state index in [4.69, 9.17) is 10.5 Å². The quantitative estimate of drug-likeness (QED) is 0.679. The Kier molecular flexibility index (Phi) is 4.85. The summed E-state index contributed by atoms with van der Waals surface area (Å²) in [5.41, 5.74) is 9.08. The van der Waals surface area contributed by atoms with Crippen LogP contribution >= 0.6 is 15.9 Å². The Morgan fingerprint density at radius 1 is 1.29 bits per heavy atom. The molecule has 5 heteroatoms. The Bertz CT molecular complexity index is 658. The molecule has 0 radical (unpaired) electrons. The fourth-order valence-electron chi connectivity index (χ4n) is 2.11. The number of hydrogen-bond acceptors (Lipinski definition) is 4. The molecule has 0 heterocycles. The first-order valence-corrected chi connectivity index (χ1v) is 7.24. The molecule has 0 amide bonds. The van der Waals surface area contributed by atoms with Crippen LogP contribution in [0.15, 0.2) is 46.9 Å².